The first kappa shape index (κ1) is 9.24. The van der Waals surface area contributed by atoms with Gasteiger partial charge in [-0.1, -0.05) is 19.9 Å². The molecule has 0 saturated heterocycles. The molecule has 0 aliphatic heterocycles. The Balaban J connectivity index is 2.95. The average Bonchev–Trinajstić information content (AvgIpc) is 2.09. The minimum absolute atomic E-state index is 0.187. The molecule has 0 heterocycles. The molecule has 0 fully saturated rings. The minimum Gasteiger partial charge on any atom is -0.295 e. The van der Waals surface area contributed by atoms with Crippen molar-refractivity contribution in [3.05, 3.63) is 23.3 Å². The normalized spacial score (nSPS) is 27.6. The number of allylic oxidation sites excluding steroid dienone is 4. The van der Waals surface area contributed by atoms with Crippen LogP contribution in [0.1, 0.15) is 33.6 Å². The molecule has 1 unspecified atom stereocenters. The van der Waals surface area contributed by atoms with Gasteiger partial charge in [-0.25, -0.2) is 0 Å². The fourth-order valence-electron chi connectivity index (χ4n) is 1.60. The first-order chi connectivity index (χ1) is 5.69. The SMILES string of the molecule is C/C=C1\CC(C)C(=O)C=C1CC. The lowest BCUT2D eigenvalue weighted by Crippen LogP contribution is -2.15. The van der Waals surface area contributed by atoms with Crippen molar-refractivity contribution in [1.82, 2.24) is 0 Å². The summed E-state index contributed by atoms with van der Waals surface area (Å²) >= 11 is 0. The van der Waals surface area contributed by atoms with E-state index in [9.17, 15) is 4.79 Å². The number of rotatable bonds is 1. The highest BCUT2D eigenvalue weighted by Crippen LogP contribution is 2.27. The van der Waals surface area contributed by atoms with Crippen LogP contribution in [0.2, 0.25) is 0 Å². The van der Waals surface area contributed by atoms with Crippen LogP contribution in [0.25, 0.3) is 0 Å². The van der Waals surface area contributed by atoms with E-state index in [-0.39, 0.29) is 11.7 Å². The average molecular weight is 164 g/mol. The highest BCUT2D eigenvalue weighted by atomic mass is 16.1. The first-order valence-corrected chi connectivity index (χ1v) is 4.59. The van der Waals surface area contributed by atoms with Crippen molar-refractivity contribution in [3.63, 3.8) is 0 Å². The van der Waals surface area contributed by atoms with Crippen LogP contribution in [-0.4, -0.2) is 5.78 Å². The molecule has 0 aromatic carbocycles. The van der Waals surface area contributed by atoms with Gasteiger partial charge in [0.1, 0.15) is 0 Å². The Hall–Kier alpha value is -0.850. The summed E-state index contributed by atoms with van der Waals surface area (Å²) in [5.41, 5.74) is 2.57. The molecule has 1 aliphatic rings. The molecule has 12 heavy (non-hydrogen) atoms. The Bertz CT molecular complexity index is 246. The van der Waals surface area contributed by atoms with Crippen molar-refractivity contribution in [2.75, 3.05) is 0 Å². The monoisotopic (exact) mass is 164 g/mol. The van der Waals surface area contributed by atoms with Gasteiger partial charge in [-0.2, -0.15) is 0 Å². The Morgan fingerprint density at radius 2 is 2.33 bits per heavy atom. The zero-order valence-electron chi connectivity index (χ0n) is 8.05. The number of hydrogen-bond acceptors (Lipinski definition) is 1. The van der Waals surface area contributed by atoms with Gasteiger partial charge in [0.25, 0.3) is 0 Å². The van der Waals surface area contributed by atoms with Crippen LogP contribution in [0.15, 0.2) is 23.3 Å². The van der Waals surface area contributed by atoms with Crippen LogP contribution in [0, 0.1) is 5.92 Å². The van der Waals surface area contributed by atoms with E-state index < -0.39 is 0 Å². The Labute approximate surface area is 74.2 Å². The van der Waals surface area contributed by atoms with Gasteiger partial charge in [-0.05, 0) is 37.0 Å². The second-order valence-electron chi connectivity index (χ2n) is 3.34. The van der Waals surface area contributed by atoms with Crippen LogP contribution in [0.3, 0.4) is 0 Å². The van der Waals surface area contributed by atoms with Gasteiger partial charge < -0.3 is 0 Å². The summed E-state index contributed by atoms with van der Waals surface area (Å²) < 4.78 is 0. The van der Waals surface area contributed by atoms with Crippen LogP contribution in [0.5, 0.6) is 0 Å². The van der Waals surface area contributed by atoms with Crippen LogP contribution in [-0.2, 0) is 4.79 Å². The first-order valence-electron chi connectivity index (χ1n) is 4.59. The van der Waals surface area contributed by atoms with E-state index in [1.54, 1.807) is 0 Å². The van der Waals surface area contributed by atoms with E-state index in [1.807, 2.05) is 19.9 Å². The van der Waals surface area contributed by atoms with Crippen molar-refractivity contribution in [1.29, 1.82) is 0 Å². The predicted octanol–water partition coefficient (Wildman–Crippen LogP) is 2.88. The van der Waals surface area contributed by atoms with Crippen molar-refractivity contribution in [3.8, 4) is 0 Å². The van der Waals surface area contributed by atoms with E-state index in [4.69, 9.17) is 0 Å². The molecule has 0 aromatic rings. The van der Waals surface area contributed by atoms with Crippen LogP contribution < -0.4 is 0 Å². The topological polar surface area (TPSA) is 17.1 Å². The molecule has 0 saturated carbocycles. The second-order valence-corrected chi connectivity index (χ2v) is 3.34. The summed E-state index contributed by atoms with van der Waals surface area (Å²) in [6.07, 6.45) is 5.83. The van der Waals surface area contributed by atoms with Crippen molar-refractivity contribution >= 4 is 5.78 Å². The van der Waals surface area contributed by atoms with E-state index in [0.717, 1.165) is 12.8 Å². The standard InChI is InChI=1S/C11H16O/c1-4-9-6-8(3)11(12)7-10(9)5-2/h4,7-8H,5-6H2,1-3H3/b9-4+. The smallest absolute Gasteiger partial charge is 0.159 e. The number of hydrogen-bond donors (Lipinski definition) is 0. The molecule has 0 aromatic heterocycles. The third-order valence-electron chi connectivity index (χ3n) is 2.47. The third-order valence-corrected chi connectivity index (χ3v) is 2.47. The lowest BCUT2D eigenvalue weighted by atomic mass is 9.84. The fourth-order valence-corrected chi connectivity index (χ4v) is 1.60. The molecule has 1 rings (SSSR count). The highest BCUT2D eigenvalue weighted by molar-refractivity contribution is 5.94. The molecule has 66 valence electrons. The number of carbonyl (C=O) groups excluding carboxylic acids is 1. The van der Waals surface area contributed by atoms with Crippen LogP contribution >= 0.6 is 0 Å². The summed E-state index contributed by atoms with van der Waals surface area (Å²) in [6, 6.07) is 0. The highest BCUT2D eigenvalue weighted by Gasteiger charge is 2.20. The quantitative estimate of drug-likeness (QED) is 0.582. The number of carbonyl (C=O) groups is 1. The van der Waals surface area contributed by atoms with E-state index in [0.29, 0.717) is 0 Å². The van der Waals surface area contributed by atoms with Gasteiger partial charge in [0.2, 0.25) is 0 Å². The summed E-state index contributed by atoms with van der Waals surface area (Å²) in [4.78, 5) is 11.3. The number of ketones is 1. The van der Waals surface area contributed by atoms with Gasteiger partial charge in [0.15, 0.2) is 5.78 Å². The Morgan fingerprint density at radius 3 is 2.83 bits per heavy atom. The molecule has 0 bridgehead atoms. The molecule has 0 radical (unpaired) electrons. The van der Waals surface area contributed by atoms with E-state index in [1.165, 1.54) is 11.1 Å². The third kappa shape index (κ3) is 1.66. The minimum atomic E-state index is 0.187. The maximum atomic E-state index is 11.3. The molecular weight excluding hydrogens is 148 g/mol. The van der Waals surface area contributed by atoms with Gasteiger partial charge in [-0.15, -0.1) is 0 Å². The summed E-state index contributed by atoms with van der Waals surface area (Å²) in [5.74, 6) is 0.476. The summed E-state index contributed by atoms with van der Waals surface area (Å²) in [6.45, 7) is 6.13. The van der Waals surface area contributed by atoms with Crippen LogP contribution in [0.4, 0.5) is 0 Å². The zero-order chi connectivity index (χ0) is 9.14. The van der Waals surface area contributed by atoms with Crippen molar-refractivity contribution < 1.29 is 4.79 Å². The molecule has 0 amide bonds. The lowest BCUT2D eigenvalue weighted by Gasteiger charge is -2.19. The van der Waals surface area contributed by atoms with Crippen molar-refractivity contribution in [2.24, 2.45) is 5.92 Å². The zero-order valence-corrected chi connectivity index (χ0v) is 8.05. The second kappa shape index (κ2) is 3.70. The molecule has 0 N–H and O–H groups in total. The Kier molecular flexibility index (Phi) is 2.85. The summed E-state index contributed by atoms with van der Waals surface area (Å²) in [7, 11) is 0. The van der Waals surface area contributed by atoms with Gasteiger partial charge in [0, 0.05) is 5.92 Å². The lowest BCUT2D eigenvalue weighted by molar-refractivity contribution is -0.118. The summed E-state index contributed by atoms with van der Waals surface area (Å²) in [5, 5.41) is 0. The molecule has 1 heteroatoms. The Morgan fingerprint density at radius 1 is 1.67 bits per heavy atom. The predicted molar refractivity (Wildman–Crippen MR) is 50.9 cm³/mol. The maximum absolute atomic E-state index is 11.3. The van der Waals surface area contributed by atoms with Gasteiger partial charge >= 0.3 is 0 Å². The molecular formula is C11H16O. The fraction of sp³-hybridized carbons (Fsp3) is 0.545. The molecule has 1 aliphatic carbocycles. The van der Waals surface area contributed by atoms with E-state index >= 15 is 0 Å². The molecule has 1 atom stereocenters. The van der Waals surface area contributed by atoms with Gasteiger partial charge in [0.05, 0.1) is 0 Å². The largest absolute Gasteiger partial charge is 0.295 e. The molecule has 0 spiro atoms. The van der Waals surface area contributed by atoms with E-state index in [2.05, 4.69) is 13.0 Å². The maximum Gasteiger partial charge on any atom is 0.159 e. The van der Waals surface area contributed by atoms with Crippen molar-refractivity contribution in [2.45, 2.75) is 33.6 Å². The van der Waals surface area contributed by atoms with Gasteiger partial charge in [-0.3, -0.25) is 4.79 Å². The molecule has 1 nitrogen and oxygen atoms in total.